The highest BCUT2D eigenvalue weighted by Gasteiger charge is 2.78. The van der Waals surface area contributed by atoms with Gasteiger partial charge in [-0.2, -0.15) is 0 Å². The summed E-state index contributed by atoms with van der Waals surface area (Å²) >= 11 is 0. The normalized spacial score (nSPS) is 49.5. The van der Waals surface area contributed by atoms with Crippen LogP contribution in [0.3, 0.4) is 0 Å². The molecule has 0 saturated heterocycles. The molecule has 0 N–H and O–H groups in total. The molecule has 3 nitrogen and oxygen atoms in total. The molecule has 0 spiro atoms. The van der Waals surface area contributed by atoms with Gasteiger partial charge < -0.3 is 4.74 Å². The molecule has 0 radical (unpaired) electrons. The number of rotatable bonds is 1. The zero-order chi connectivity index (χ0) is 11.6. The molecule has 3 aliphatic rings. The average Bonchev–Trinajstić information content (AvgIpc) is 2.20. The Morgan fingerprint density at radius 1 is 1.44 bits per heavy atom. The van der Waals surface area contributed by atoms with Gasteiger partial charge in [-0.25, -0.2) is 0 Å². The van der Waals surface area contributed by atoms with Crippen molar-refractivity contribution in [3.05, 3.63) is 0 Å². The predicted molar refractivity (Wildman–Crippen MR) is 57.6 cm³/mol. The van der Waals surface area contributed by atoms with Gasteiger partial charge in [-0.1, -0.05) is 6.92 Å². The van der Waals surface area contributed by atoms with E-state index in [1.54, 1.807) is 0 Å². The van der Waals surface area contributed by atoms with Crippen LogP contribution < -0.4 is 0 Å². The van der Waals surface area contributed by atoms with Crippen molar-refractivity contribution in [1.82, 2.24) is 0 Å². The van der Waals surface area contributed by atoms with E-state index in [4.69, 9.17) is 4.74 Å². The number of methoxy groups -OCH3 is 1. The molecule has 3 rings (SSSR count). The van der Waals surface area contributed by atoms with Crippen LogP contribution in [-0.4, -0.2) is 18.9 Å². The minimum Gasteiger partial charge on any atom is -0.469 e. The molecule has 88 valence electrons. The van der Waals surface area contributed by atoms with Crippen molar-refractivity contribution in [3.63, 3.8) is 0 Å². The van der Waals surface area contributed by atoms with Gasteiger partial charge in [-0.05, 0) is 37.0 Å². The van der Waals surface area contributed by atoms with Crippen LogP contribution in [0.2, 0.25) is 0 Å². The summed E-state index contributed by atoms with van der Waals surface area (Å²) in [4.78, 5) is 24.0. The molecule has 0 aromatic rings. The van der Waals surface area contributed by atoms with Crippen LogP contribution in [0.5, 0.6) is 0 Å². The Morgan fingerprint density at radius 3 is 2.75 bits per heavy atom. The van der Waals surface area contributed by atoms with Crippen molar-refractivity contribution in [2.75, 3.05) is 7.11 Å². The van der Waals surface area contributed by atoms with Gasteiger partial charge in [-0.15, -0.1) is 0 Å². The molecule has 0 aromatic heterocycles. The van der Waals surface area contributed by atoms with Crippen LogP contribution >= 0.6 is 0 Å². The number of fused-ring (bicyclic) bond motifs is 4. The second-order valence-electron chi connectivity index (χ2n) is 5.88. The fourth-order valence-electron chi connectivity index (χ4n) is 4.87. The molecule has 4 unspecified atom stereocenters. The fourth-order valence-corrected chi connectivity index (χ4v) is 4.87. The lowest BCUT2D eigenvalue weighted by atomic mass is 9.28. The van der Waals surface area contributed by atoms with Crippen LogP contribution in [0, 0.1) is 22.7 Å². The van der Waals surface area contributed by atoms with E-state index in [9.17, 15) is 9.59 Å². The van der Waals surface area contributed by atoms with Gasteiger partial charge in [0, 0.05) is 12.3 Å². The van der Waals surface area contributed by atoms with Gasteiger partial charge in [0.25, 0.3) is 0 Å². The molecule has 3 aliphatic carbocycles. The van der Waals surface area contributed by atoms with Crippen LogP contribution in [0.1, 0.15) is 39.0 Å². The van der Waals surface area contributed by atoms with Crippen molar-refractivity contribution in [3.8, 4) is 0 Å². The van der Waals surface area contributed by atoms with E-state index in [2.05, 4.69) is 6.92 Å². The minimum absolute atomic E-state index is 0.0417. The van der Waals surface area contributed by atoms with Crippen LogP contribution in [-0.2, 0) is 14.3 Å². The lowest BCUT2D eigenvalue weighted by molar-refractivity contribution is -0.262. The topological polar surface area (TPSA) is 43.4 Å². The van der Waals surface area contributed by atoms with Crippen molar-refractivity contribution in [2.24, 2.45) is 22.7 Å². The smallest absolute Gasteiger partial charge is 0.312 e. The number of hydrogen-bond acceptors (Lipinski definition) is 3. The first-order chi connectivity index (χ1) is 7.57. The van der Waals surface area contributed by atoms with Crippen molar-refractivity contribution < 1.29 is 14.3 Å². The Morgan fingerprint density at radius 2 is 2.19 bits per heavy atom. The quantitative estimate of drug-likeness (QED) is 0.637. The molecule has 0 heterocycles. The van der Waals surface area contributed by atoms with Gasteiger partial charge in [0.2, 0.25) is 0 Å². The summed E-state index contributed by atoms with van der Waals surface area (Å²) in [5, 5.41) is 0. The van der Waals surface area contributed by atoms with Gasteiger partial charge in [0.15, 0.2) is 0 Å². The largest absolute Gasteiger partial charge is 0.469 e. The third kappa shape index (κ3) is 0.836. The second kappa shape index (κ2) is 2.88. The summed E-state index contributed by atoms with van der Waals surface area (Å²) in [5.74, 6) is 0.526. The van der Waals surface area contributed by atoms with Crippen LogP contribution in [0.25, 0.3) is 0 Å². The second-order valence-corrected chi connectivity index (χ2v) is 5.88. The molecule has 0 amide bonds. The molecule has 0 aliphatic heterocycles. The highest BCUT2D eigenvalue weighted by molar-refractivity contribution is 5.94. The van der Waals surface area contributed by atoms with Gasteiger partial charge in [0.1, 0.15) is 5.78 Å². The molecular weight excluding hydrogens is 204 g/mol. The number of ketones is 1. The molecule has 4 atom stereocenters. The molecule has 3 fully saturated rings. The van der Waals surface area contributed by atoms with Crippen molar-refractivity contribution in [1.29, 1.82) is 0 Å². The number of carbonyl (C=O) groups is 2. The van der Waals surface area contributed by atoms with E-state index < -0.39 is 5.41 Å². The molecule has 3 heteroatoms. The number of Topliss-reactive ketones (excluding diaryl/α,β-unsaturated/α-hetero) is 1. The molecule has 0 aromatic carbocycles. The number of ether oxygens (including phenoxy) is 1. The third-order valence-electron chi connectivity index (χ3n) is 5.47. The Balaban J connectivity index is 1.99. The first kappa shape index (κ1) is 10.3. The highest BCUT2D eigenvalue weighted by Crippen LogP contribution is 2.76. The number of esters is 1. The zero-order valence-corrected chi connectivity index (χ0v) is 9.91. The van der Waals surface area contributed by atoms with E-state index in [-0.39, 0.29) is 17.3 Å². The third-order valence-corrected chi connectivity index (χ3v) is 5.47. The maximum Gasteiger partial charge on any atom is 0.312 e. The van der Waals surface area contributed by atoms with Gasteiger partial charge >= 0.3 is 5.97 Å². The van der Waals surface area contributed by atoms with E-state index >= 15 is 0 Å². The minimum atomic E-state index is -0.416. The summed E-state index contributed by atoms with van der Waals surface area (Å²) in [6.45, 7) is 2.19. The Kier molecular flexibility index (Phi) is 1.85. The molecule has 0 bridgehead atoms. The van der Waals surface area contributed by atoms with Crippen molar-refractivity contribution >= 4 is 11.8 Å². The van der Waals surface area contributed by atoms with E-state index in [1.807, 2.05) is 0 Å². The molecular formula is C13H18O3. The number of carbonyl (C=O) groups excluding carboxylic acids is 2. The van der Waals surface area contributed by atoms with E-state index in [1.165, 1.54) is 7.11 Å². The summed E-state index contributed by atoms with van der Waals surface area (Å²) in [5.41, 5.74) is -0.317. The first-order valence-electron chi connectivity index (χ1n) is 6.18. The van der Waals surface area contributed by atoms with Crippen LogP contribution in [0.4, 0.5) is 0 Å². The lowest BCUT2D eigenvalue weighted by Gasteiger charge is -2.73. The van der Waals surface area contributed by atoms with Gasteiger partial charge in [0.05, 0.1) is 12.5 Å². The van der Waals surface area contributed by atoms with E-state index in [0.29, 0.717) is 18.1 Å². The van der Waals surface area contributed by atoms with Crippen LogP contribution in [0.15, 0.2) is 0 Å². The predicted octanol–water partition coefficient (Wildman–Crippen LogP) is 1.94. The molecule has 3 saturated carbocycles. The monoisotopic (exact) mass is 222 g/mol. The molecule has 16 heavy (non-hydrogen) atoms. The maximum absolute atomic E-state index is 12.1. The Labute approximate surface area is 95.5 Å². The number of hydrogen-bond donors (Lipinski definition) is 0. The SMILES string of the molecule is COC(=O)C12CCC1C1(C)CCCC(=O)C12. The summed E-state index contributed by atoms with van der Waals surface area (Å²) in [7, 11) is 1.44. The Hall–Kier alpha value is -0.860. The van der Waals surface area contributed by atoms with E-state index in [0.717, 1.165) is 25.7 Å². The zero-order valence-electron chi connectivity index (χ0n) is 9.91. The van der Waals surface area contributed by atoms with Crippen molar-refractivity contribution in [2.45, 2.75) is 39.0 Å². The summed E-state index contributed by atoms with van der Waals surface area (Å²) in [6.07, 6.45) is 4.71. The maximum atomic E-state index is 12.1. The van der Waals surface area contributed by atoms with Gasteiger partial charge in [-0.3, -0.25) is 9.59 Å². The Bertz CT molecular complexity index is 375. The average molecular weight is 222 g/mol. The lowest BCUT2D eigenvalue weighted by Crippen LogP contribution is -2.75. The fraction of sp³-hybridized carbons (Fsp3) is 0.846. The summed E-state index contributed by atoms with van der Waals surface area (Å²) < 4.78 is 4.93. The highest BCUT2D eigenvalue weighted by atomic mass is 16.5. The standard InChI is InChI=1S/C13H18O3/c1-12-6-3-4-8(14)10(12)13(11(15)16-2)7-5-9(12)13/h9-10H,3-7H2,1-2H3. The first-order valence-corrected chi connectivity index (χ1v) is 6.18. The summed E-state index contributed by atoms with van der Waals surface area (Å²) in [6, 6.07) is 0.